The van der Waals surface area contributed by atoms with Crippen molar-refractivity contribution in [3.63, 3.8) is 0 Å². The molecule has 2 atom stereocenters. The van der Waals surface area contributed by atoms with Gasteiger partial charge < -0.3 is 4.90 Å². The minimum atomic E-state index is 0.668. The van der Waals surface area contributed by atoms with E-state index < -0.39 is 0 Å². The molecule has 1 aliphatic heterocycles. The molecule has 22 heavy (non-hydrogen) atoms. The molecule has 2 fully saturated rings. The summed E-state index contributed by atoms with van der Waals surface area (Å²) in [6.07, 6.45) is 16.7. The highest BCUT2D eigenvalue weighted by molar-refractivity contribution is 5.45. The first-order valence-corrected chi connectivity index (χ1v) is 8.49. The molecule has 0 bridgehead atoms. The third-order valence-corrected chi connectivity index (χ3v) is 5.19. The highest BCUT2D eigenvalue weighted by atomic mass is 15.2. The number of anilines is 1. The Hall–Kier alpha value is -1.91. The number of hydrogen-bond acceptors (Lipinski definition) is 4. The van der Waals surface area contributed by atoms with E-state index in [1.54, 1.807) is 18.9 Å². The number of aromatic nitrogens is 4. The summed E-state index contributed by atoms with van der Waals surface area (Å²) >= 11 is 0. The third-order valence-electron chi connectivity index (χ3n) is 5.19. The molecule has 0 aromatic carbocycles. The first-order chi connectivity index (χ1) is 10.9. The van der Waals surface area contributed by atoms with Crippen molar-refractivity contribution >= 4 is 5.82 Å². The van der Waals surface area contributed by atoms with E-state index in [0.29, 0.717) is 6.04 Å². The fourth-order valence-corrected chi connectivity index (χ4v) is 4.10. The van der Waals surface area contributed by atoms with E-state index in [2.05, 4.69) is 25.9 Å². The number of hydrogen-bond donors (Lipinski definition) is 0. The van der Waals surface area contributed by atoms with Crippen molar-refractivity contribution in [2.75, 3.05) is 11.4 Å². The van der Waals surface area contributed by atoms with Gasteiger partial charge in [-0.2, -0.15) is 0 Å². The Labute approximate surface area is 131 Å². The van der Waals surface area contributed by atoms with Gasteiger partial charge in [0.25, 0.3) is 0 Å². The average Bonchev–Trinajstić information content (AvgIpc) is 3.02. The summed E-state index contributed by atoms with van der Waals surface area (Å²) in [5.74, 6) is 2.83. The van der Waals surface area contributed by atoms with Crippen LogP contribution in [-0.2, 0) is 0 Å². The van der Waals surface area contributed by atoms with E-state index in [-0.39, 0.29) is 0 Å². The maximum atomic E-state index is 4.59. The maximum Gasteiger partial charge on any atom is 0.143 e. The maximum absolute atomic E-state index is 4.59. The Bertz CT molecular complexity index is 609. The monoisotopic (exact) mass is 297 g/mol. The van der Waals surface area contributed by atoms with Crippen LogP contribution in [0.4, 0.5) is 5.82 Å². The quantitative estimate of drug-likeness (QED) is 0.854. The van der Waals surface area contributed by atoms with Crippen LogP contribution in [0, 0.1) is 5.92 Å². The summed E-state index contributed by atoms with van der Waals surface area (Å²) < 4.78 is 1.95. The standard InChI is InChI=1S/C17H23N5/c1-2-7-15-14(5-1)6-3-4-9-22(15)17-11-16(19-12-20-17)21-10-8-18-13-21/h8,10-15H,1-7,9H2. The molecule has 2 aromatic heterocycles. The zero-order chi connectivity index (χ0) is 14.8. The highest BCUT2D eigenvalue weighted by Crippen LogP contribution is 2.36. The Balaban J connectivity index is 1.66. The molecular weight excluding hydrogens is 274 g/mol. The molecule has 1 saturated heterocycles. The second-order valence-corrected chi connectivity index (χ2v) is 6.51. The van der Waals surface area contributed by atoms with Gasteiger partial charge in [0.15, 0.2) is 0 Å². The van der Waals surface area contributed by atoms with Gasteiger partial charge >= 0.3 is 0 Å². The molecule has 0 N–H and O–H groups in total. The highest BCUT2D eigenvalue weighted by Gasteiger charge is 2.32. The van der Waals surface area contributed by atoms with Crippen molar-refractivity contribution < 1.29 is 0 Å². The van der Waals surface area contributed by atoms with Crippen LogP contribution in [0.1, 0.15) is 44.9 Å². The van der Waals surface area contributed by atoms with Crippen LogP contribution < -0.4 is 4.90 Å². The van der Waals surface area contributed by atoms with Gasteiger partial charge in [-0.05, 0) is 31.6 Å². The number of fused-ring (bicyclic) bond motifs is 1. The lowest BCUT2D eigenvalue weighted by molar-refractivity contribution is 0.290. The van der Waals surface area contributed by atoms with Crippen LogP contribution in [0.25, 0.3) is 5.82 Å². The lowest BCUT2D eigenvalue weighted by Crippen LogP contribution is -2.42. The SMILES string of the molecule is c1cn(-c2cc(N3CCCCC4CCCCC43)ncn2)cn1. The van der Waals surface area contributed by atoms with Crippen molar-refractivity contribution in [1.29, 1.82) is 0 Å². The van der Waals surface area contributed by atoms with E-state index in [1.807, 2.05) is 10.8 Å². The van der Waals surface area contributed by atoms with Crippen LogP contribution in [0.3, 0.4) is 0 Å². The van der Waals surface area contributed by atoms with Gasteiger partial charge in [0.05, 0.1) is 0 Å². The number of nitrogens with zero attached hydrogens (tertiary/aromatic N) is 5. The molecule has 1 saturated carbocycles. The van der Waals surface area contributed by atoms with Gasteiger partial charge in [-0.3, -0.25) is 4.57 Å². The predicted molar refractivity (Wildman–Crippen MR) is 86.1 cm³/mol. The Morgan fingerprint density at radius 2 is 1.77 bits per heavy atom. The van der Waals surface area contributed by atoms with E-state index in [1.165, 1.54) is 44.9 Å². The predicted octanol–water partition coefficient (Wildman–Crippen LogP) is 3.21. The lowest BCUT2D eigenvalue weighted by atomic mass is 9.81. The molecule has 0 amide bonds. The molecule has 116 valence electrons. The average molecular weight is 297 g/mol. The molecule has 0 spiro atoms. The minimum Gasteiger partial charge on any atom is -0.353 e. The van der Waals surface area contributed by atoms with E-state index >= 15 is 0 Å². The molecule has 5 nitrogen and oxygen atoms in total. The van der Waals surface area contributed by atoms with Gasteiger partial charge in [-0.15, -0.1) is 0 Å². The Morgan fingerprint density at radius 3 is 2.64 bits per heavy atom. The van der Waals surface area contributed by atoms with Gasteiger partial charge in [-0.1, -0.05) is 19.3 Å². The van der Waals surface area contributed by atoms with Crippen molar-refractivity contribution in [3.05, 3.63) is 31.1 Å². The second-order valence-electron chi connectivity index (χ2n) is 6.51. The first kappa shape index (κ1) is 13.7. The summed E-state index contributed by atoms with van der Waals surface area (Å²) in [4.78, 5) is 15.6. The van der Waals surface area contributed by atoms with Crippen LogP contribution in [-0.4, -0.2) is 32.1 Å². The molecule has 4 rings (SSSR count). The summed E-state index contributed by atoms with van der Waals surface area (Å²) in [5.41, 5.74) is 0. The molecule has 3 heterocycles. The smallest absolute Gasteiger partial charge is 0.143 e. The summed E-state index contributed by atoms with van der Waals surface area (Å²) in [6.45, 7) is 1.13. The van der Waals surface area contributed by atoms with Crippen LogP contribution in [0.15, 0.2) is 31.1 Å². The van der Waals surface area contributed by atoms with Crippen LogP contribution in [0.5, 0.6) is 0 Å². The largest absolute Gasteiger partial charge is 0.353 e. The van der Waals surface area contributed by atoms with Crippen LogP contribution in [0.2, 0.25) is 0 Å². The third kappa shape index (κ3) is 2.60. The Morgan fingerprint density at radius 1 is 0.955 bits per heavy atom. The topological polar surface area (TPSA) is 46.8 Å². The van der Waals surface area contributed by atoms with Crippen molar-refractivity contribution in [1.82, 2.24) is 19.5 Å². The van der Waals surface area contributed by atoms with Crippen LogP contribution >= 0.6 is 0 Å². The first-order valence-electron chi connectivity index (χ1n) is 8.49. The van der Waals surface area contributed by atoms with Crippen molar-refractivity contribution in [2.24, 2.45) is 5.92 Å². The van der Waals surface area contributed by atoms with Gasteiger partial charge in [0.2, 0.25) is 0 Å². The molecule has 1 aliphatic carbocycles. The van der Waals surface area contributed by atoms with Crippen molar-refractivity contribution in [2.45, 2.75) is 51.0 Å². The molecule has 2 aromatic rings. The summed E-state index contributed by atoms with van der Waals surface area (Å²) in [6, 6.07) is 2.78. The van der Waals surface area contributed by atoms with E-state index in [4.69, 9.17) is 0 Å². The summed E-state index contributed by atoms with van der Waals surface area (Å²) in [5, 5.41) is 0. The molecule has 2 aliphatic rings. The van der Waals surface area contributed by atoms with E-state index in [9.17, 15) is 0 Å². The van der Waals surface area contributed by atoms with Gasteiger partial charge in [0.1, 0.15) is 24.3 Å². The van der Waals surface area contributed by atoms with Gasteiger partial charge in [0, 0.05) is 31.0 Å². The van der Waals surface area contributed by atoms with Crippen molar-refractivity contribution in [3.8, 4) is 5.82 Å². The Kier molecular flexibility index (Phi) is 3.79. The number of imidazole rings is 1. The molecular formula is C17H23N5. The minimum absolute atomic E-state index is 0.668. The normalized spacial score (nSPS) is 25.5. The lowest BCUT2D eigenvalue weighted by Gasteiger charge is -2.39. The summed E-state index contributed by atoms with van der Waals surface area (Å²) in [7, 11) is 0. The molecule has 5 heteroatoms. The zero-order valence-electron chi connectivity index (χ0n) is 12.9. The van der Waals surface area contributed by atoms with Gasteiger partial charge in [-0.25, -0.2) is 15.0 Å². The fraction of sp³-hybridized carbons (Fsp3) is 0.588. The molecule has 2 unspecified atom stereocenters. The number of rotatable bonds is 2. The zero-order valence-corrected chi connectivity index (χ0v) is 12.9. The fourth-order valence-electron chi connectivity index (χ4n) is 4.10. The second kappa shape index (κ2) is 6.07. The molecule has 0 radical (unpaired) electrons. The van der Waals surface area contributed by atoms with E-state index in [0.717, 1.165) is 24.1 Å².